The molecule has 1 aromatic rings. The van der Waals surface area contributed by atoms with E-state index in [1.54, 1.807) is 0 Å². The summed E-state index contributed by atoms with van der Waals surface area (Å²) in [6.07, 6.45) is 2.18. The summed E-state index contributed by atoms with van der Waals surface area (Å²) in [6.45, 7) is 4.33. The molecule has 0 radical (unpaired) electrons. The van der Waals surface area contributed by atoms with Gasteiger partial charge >= 0.3 is 0 Å². The highest BCUT2D eigenvalue weighted by Gasteiger charge is 1.97. The lowest BCUT2D eigenvalue weighted by molar-refractivity contribution is 1.04. The first kappa shape index (κ1) is 15.2. The van der Waals surface area contributed by atoms with Crippen LogP contribution in [0.4, 0.5) is 5.69 Å². The van der Waals surface area contributed by atoms with Gasteiger partial charge in [0, 0.05) is 16.5 Å². The average molecular weight is 214 g/mol. The first-order valence-corrected chi connectivity index (χ1v) is 4.35. The standard InChI is InChI=1S/C10H15N.ClH.N2/c1-3-8-5-6-10(11)7-9(8)4-2;;1-2/h5-7H,3-4,11H2,1-2H3;1H;. The van der Waals surface area contributed by atoms with E-state index in [9.17, 15) is 0 Å². The van der Waals surface area contributed by atoms with Gasteiger partial charge < -0.3 is 5.73 Å². The molecule has 0 spiro atoms. The number of hydrogen-bond donors (Lipinski definition) is 1. The van der Waals surface area contributed by atoms with Gasteiger partial charge in [-0.1, -0.05) is 19.9 Å². The fourth-order valence-corrected chi connectivity index (χ4v) is 1.32. The van der Waals surface area contributed by atoms with Crippen LogP contribution in [0.1, 0.15) is 25.0 Å². The molecule has 14 heavy (non-hydrogen) atoms. The molecule has 4 heteroatoms. The summed E-state index contributed by atoms with van der Waals surface area (Å²) in [5.74, 6) is 0. The second kappa shape index (κ2) is 8.33. The van der Waals surface area contributed by atoms with Crippen LogP contribution in [0.2, 0.25) is 0 Å². The maximum Gasteiger partial charge on any atom is 0.0316 e. The van der Waals surface area contributed by atoms with Crippen molar-refractivity contribution in [1.82, 2.24) is 0 Å². The molecule has 0 saturated heterocycles. The highest BCUT2D eigenvalue weighted by Crippen LogP contribution is 2.14. The molecule has 1 aromatic carbocycles. The van der Waals surface area contributed by atoms with Gasteiger partial charge in [-0.2, -0.15) is 0 Å². The Hall–Kier alpha value is -1.27. The van der Waals surface area contributed by atoms with Gasteiger partial charge in [0.05, 0.1) is 0 Å². The zero-order chi connectivity index (χ0) is 10.3. The molecule has 0 aliphatic carbocycles. The number of aryl methyl sites for hydroxylation is 2. The summed E-state index contributed by atoms with van der Waals surface area (Å²) in [5, 5.41) is 12.0. The van der Waals surface area contributed by atoms with Crippen LogP contribution < -0.4 is 5.73 Å². The predicted molar refractivity (Wildman–Crippen MR) is 60.3 cm³/mol. The van der Waals surface area contributed by atoms with Crippen molar-refractivity contribution < 1.29 is 0 Å². The molecule has 0 amide bonds. The maximum atomic E-state index is 6.00. The fraction of sp³-hybridized carbons (Fsp3) is 0.400. The second-order valence-corrected chi connectivity index (χ2v) is 2.74. The summed E-state index contributed by atoms with van der Waals surface area (Å²) in [4.78, 5) is 0. The number of rotatable bonds is 2. The molecule has 78 valence electrons. The highest BCUT2D eigenvalue weighted by atomic mass is 35.5. The van der Waals surface area contributed by atoms with Gasteiger partial charge in [-0.15, -0.1) is 12.4 Å². The normalized spacial score (nSPS) is 8.00. The Morgan fingerprint density at radius 1 is 1.07 bits per heavy atom. The Kier molecular flexibility index (Phi) is 9.06. The van der Waals surface area contributed by atoms with Crippen molar-refractivity contribution in [3.05, 3.63) is 29.3 Å². The van der Waals surface area contributed by atoms with Crippen molar-refractivity contribution in [2.24, 2.45) is 0 Å². The Balaban J connectivity index is 0. The number of anilines is 1. The third-order valence-electron chi connectivity index (χ3n) is 1.99. The number of benzene rings is 1. The minimum Gasteiger partial charge on any atom is -0.399 e. The van der Waals surface area contributed by atoms with Crippen molar-refractivity contribution >= 4 is 18.1 Å². The van der Waals surface area contributed by atoms with Crippen LogP contribution in [0.5, 0.6) is 0 Å². The van der Waals surface area contributed by atoms with Gasteiger partial charge in [-0.3, -0.25) is 0 Å². The van der Waals surface area contributed by atoms with Gasteiger partial charge in [0.15, 0.2) is 0 Å². The van der Waals surface area contributed by atoms with Crippen LogP contribution in [0.15, 0.2) is 18.2 Å². The molecule has 0 aliphatic heterocycles. The Morgan fingerprint density at radius 3 is 2.00 bits per heavy atom. The van der Waals surface area contributed by atoms with Crippen molar-refractivity contribution in [1.29, 1.82) is 10.8 Å². The van der Waals surface area contributed by atoms with E-state index in [2.05, 4.69) is 26.0 Å². The van der Waals surface area contributed by atoms with Gasteiger partial charge in [0.1, 0.15) is 0 Å². The molecule has 0 aromatic heterocycles. The van der Waals surface area contributed by atoms with Gasteiger partial charge in [0.2, 0.25) is 0 Å². The van der Waals surface area contributed by atoms with Crippen molar-refractivity contribution in [3.8, 4) is 0 Å². The molecule has 0 fully saturated rings. The summed E-state index contributed by atoms with van der Waals surface area (Å²) in [6, 6.07) is 6.16. The van der Waals surface area contributed by atoms with E-state index in [0.29, 0.717) is 0 Å². The van der Waals surface area contributed by atoms with Crippen molar-refractivity contribution in [2.45, 2.75) is 26.7 Å². The van der Waals surface area contributed by atoms with Crippen LogP contribution in [-0.4, -0.2) is 0 Å². The van der Waals surface area contributed by atoms with Crippen LogP contribution in [-0.2, 0) is 12.8 Å². The minimum atomic E-state index is 0. The van der Waals surface area contributed by atoms with Crippen LogP contribution in [0.25, 0.3) is 0 Å². The highest BCUT2D eigenvalue weighted by molar-refractivity contribution is 5.85. The summed E-state index contributed by atoms with van der Waals surface area (Å²) in [5.41, 5.74) is 9.33. The van der Waals surface area contributed by atoms with Gasteiger partial charge in [-0.25, -0.2) is 0 Å². The molecule has 0 atom stereocenters. The van der Waals surface area contributed by atoms with E-state index in [1.165, 1.54) is 11.1 Å². The van der Waals surface area contributed by atoms with E-state index in [-0.39, 0.29) is 12.4 Å². The van der Waals surface area contributed by atoms with Crippen molar-refractivity contribution in [3.63, 3.8) is 0 Å². The Morgan fingerprint density at radius 2 is 1.57 bits per heavy atom. The maximum absolute atomic E-state index is 6.00. The Labute approximate surface area is 91.1 Å². The summed E-state index contributed by atoms with van der Waals surface area (Å²) >= 11 is 0. The first-order chi connectivity index (χ1) is 6.27. The number of nitrogens with two attached hydrogens (primary N) is 1. The van der Waals surface area contributed by atoms with Crippen molar-refractivity contribution in [2.75, 3.05) is 5.73 Å². The lowest BCUT2D eigenvalue weighted by Gasteiger charge is -2.05. The SMILES string of the molecule is CCc1ccc(N)cc1CC.Cl.N#N. The molecular weight excluding hydrogens is 198 g/mol. The minimum absolute atomic E-state index is 0. The van der Waals surface area contributed by atoms with Gasteiger partial charge in [-0.05, 0) is 36.1 Å². The van der Waals surface area contributed by atoms with E-state index in [0.717, 1.165) is 18.5 Å². The van der Waals surface area contributed by atoms with E-state index >= 15 is 0 Å². The molecule has 0 unspecified atom stereocenters. The number of hydrogen-bond acceptors (Lipinski definition) is 3. The molecule has 1 rings (SSSR count). The number of halogens is 1. The predicted octanol–water partition coefficient (Wildman–Crippen LogP) is 2.85. The second-order valence-electron chi connectivity index (χ2n) is 2.74. The zero-order valence-electron chi connectivity index (χ0n) is 8.53. The molecular formula is C10H16ClN3. The van der Waals surface area contributed by atoms with Gasteiger partial charge in [0.25, 0.3) is 0 Å². The average Bonchev–Trinajstić information content (AvgIpc) is 2.20. The van der Waals surface area contributed by atoms with Crippen LogP contribution >= 0.6 is 12.4 Å². The third kappa shape index (κ3) is 4.11. The first-order valence-electron chi connectivity index (χ1n) is 4.35. The number of nitrogen functional groups attached to an aromatic ring is 1. The van der Waals surface area contributed by atoms with E-state index < -0.39 is 0 Å². The molecule has 0 saturated carbocycles. The van der Waals surface area contributed by atoms with Crippen LogP contribution in [0.3, 0.4) is 0 Å². The molecule has 2 N–H and O–H groups in total. The van der Waals surface area contributed by atoms with E-state index in [1.807, 2.05) is 6.07 Å². The number of nitrogens with zero attached hydrogens (tertiary/aromatic N) is 2. The molecule has 0 bridgehead atoms. The molecule has 3 nitrogen and oxygen atoms in total. The fourth-order valence-electron chi connectivity index (χ4n) is 1.32. The largest absolute Gasteiger partial charge is 0.399 e. The lowest BCUT2D eigenvalue weighted by Crippen LogP contribution is -1.93. The summed E-state index contributed by atoms with van der Waals surface area (Å²) in [7, 11) is 0. The molecule has 0 heterocycles. The molecule has 0 aliphatic rings. The lowest BCUT2D eigenvalue weighted by atomic mass is 10.0. The van der Waals surface area contributed by atoms with Crippen LogP contribution in [0, 0.1) is 10.8 Å². The Bertz CT molecular complexity index is 284. The summed E-state index contributed by atoms with van der Waals surface area (Å²) < 4.78 is 0. The monoisotopic (exact) mass is 213 g/mol. The quantitative estimate of drug-likeness (QED) is 0.607. The van der Waals surface area contributed by atoms with E-state index in [4.69, 9.17) is 16.5 Å². The smallest absolute Gasteiger partial charge is 0.0316 e. The zero-order valence-corrected chi connectivity index (χ0v) is 9.34. The third-order valence-corrected chi connectivity index (χ3v) is 1.99. The topological polar surface area (TPSA) is 73.6 Å².